The molecular formula is C25H35N. The Hall–Kier alpha value is -1.60. The Labute approximate surface area is 160 Å². The van der Waals surface area contributed by atoms with Crippen molar-refractivity contribution >= 4 is 0 Å². The lowest BCUT2D eigenvalue weighted by molar-refractivity contribution is 0.192. The van der Waals surface area contributed by atoms with Crippen LogP contribution >= 0.6 is 0 Å². The third-order valence-electron chi connectivity index (χ3n) is 6.59. The Morgan fingerprint density at radius 3 is 2.00 bits per heavy atom. The second-order valence-electron chi connectivity index (χ2n) is 8.22. The molecule has 1 heteroatoms. The molecule has 2 aromatic carbocycles. The summed E-state index contributed by atoms with van der Waals surface area (Å²) in [5, 5.41) is 0. The summed E-state index contributed by atoms with van der Waals surface area (Å²) in [5.74, 6) is 0.772. The van der Waals surface area contributed by atoms with E-state index in [0.717, 1.165) is 12.3 Å². The van der Waals surface area contributed by atoms with Crippen LogP contribution < -0.4 is 5.73 Å². The quantitative estimate of drug-likeness (QED) is 0.607. The van der Waals surface area contributed by atoms with Gasteiger partial charge in [0.15, 0.2) is 0 Å². The average molecular weight is 350 g/mol. The summed E-state index contributed by atoms with van der Waals surface area (Å²) in [4.78, 5) is 0. The molecule has 1 aliphatic rings. The van der Waals surface area contributed by atoms with Crippen LogP contribution in [0.15, 0.2) is 48.5 Å². The minimum absolute atomic E-state index is 0.401. The number of nitrogens with two attached hydrogens (primary N) is 1. The molecule has 1 saturated carbocycles. The zero-order valence-corrected chi connectivity index (χ0v) is 16.6. The van der Waals surface area contributed by atoms with Crippen molar-refractivity contribution in [3.63, 3.8) is 0 Å². The van der Waals surface area contributed by atoms with Gasteiger partial charge in [0.2, 0.25) is 0 Å². The van der Waals surface area contributed by atoms with E-state index in [1.54, 1.807) is 5.56 Å². The number of rotatable bonds is 7. The van der Waals surface area contributed by atoms with E-state index < -0.39 is 0 Å². The molecule has 0 heterocycles. The average Bonchev–Trinajstić information content (AvgIpc) is 2.70. The van der Waals surface area contributed by atoms with E-state index in [1.807, 2.05) is 0 Å². The molecule has 1 unspecified atom stereocenters. The largest absolute Gasteiger partial charge is 0.330 e. The van der Waals surface area contributed by atoms with Crippen LogP contribution in [-0.2, 0) is 11.8 Å². The summed E-state index contributed by atoms with van der Waals surface area (Å²) in [6, 6.07) is 18.4. The van der Waals surface area contributed by atoms with Crippen molar-refractivity contribution in [3.05, 3.63) is 59.7 Å². The first-order valence-corrected chi connectivity index (χ1v) is 10.6. The van der Waals surface area contributed by atoms with E-state index in [2.05, 4.69) is 62.4 Å². The van der Waals surface area contributed by atoms with E-state index in [1.165, 1.54) is 61.6 Å². The highest BCUT2D eigenvalue weighted by Gasteiger charge is 2.38. The Bertz CT molecular complexity index is 662. The predicted molar refractivity (Wildman–Crippen MR) is 113 cm³/mol. The number of hydrogen-bond donors (Lipinski definition) is 1. The molecule has 0 saturated heterocycles. The first kappa shape index (κ1) is 19.2. The molecule has 140 valence electrons. The van der Waals surface area contributed by atoms with Crippen molar-refractivity contribution in [3.8, 4) is 11.1 Å². The van der Waals surface area contributed by atoms with Gasteiger partial charge in [-0.2, -0.15) is 0 Å². The molecule has 0 aromatic heterocycles. The highest BCUT2D eigenvalue weighted by molar-refractivity contribution is 5.64. The molecular weight excluding hydrogens is 314 g/mol. The summed E-state index contributed by atoms with van der Waals surface area (Å²) in [6.07, 6.45) is 10.5. The third-order valence-corrected chi connectivity index (χ3v) is 6.59. The van der Waals surface area contributed by atoms with E-state index in [4.69, 9.17) is 5.73 Å². The molecule has 3 rings (SSSR count). The SMILES string of the molecule is CCCC(C)C1(c2ccc(-c3ccc(CCN)cc3)cc2)CCCCC1. The second kappa shape index (κ2) is 8.86. The van der Waals surface area contributed by atoms with Gasteiger partial charge in [-0.15, -0.1) is 0 Å². The van der Waals surface area contributed by atoms with Crippen LogP contribution in [0.2, 0.25) is 0 Å². The fourth-order valence-corrected chi connectivity index (χ4v) is 4.98. The summed E-state index contributed by atoms with van der Waals surface area (Å²) in [6.45, 7) is 5.52. The van der Waals surface area contributed by atoms with Gasteiger partial charge in [-0.25, -0.2) is 0 Å². The fourth-order valence-electron chi connectivity index (χ4n) is 4.98. The first-order valence-electron chi connectivity index (χ1n) is 10.6. The number of benzene rings is 2. The van der Waals surface area contributed by atoms with Crippen molar-refractivity contribution in [2.45, 2.75) is 70.6 Å². The fraction of sp³-hybridized carbons (Fsp3) is 0.520. The molecule has 2 aromatic rings. The zero-order chi connectivity index (χ0) is 18.4. The maximum atomic E-state index is 5.66. The highest BCUT2D eigenvalue weighted by Crippen LogP contribution is 2.47. The van der Waals surface area contributed by atoms with Crippen LogP contribution in [0, 0.1) is 5.92 Å². The Kier molecular flexibility index (Phi) is 6.53. The van der Waals surface area contributed by atoms with Crippen LogP contribution in [0.25, 0.3) is 11.1 Å². The van der Waals surface area contributed by atoms with Crippen molar-refractivity contribution in [2.24, 2.45) is 11.7 Å². The summed E-state index contributed by atoms with van der Waals surface area (Å²) in [7, 11) is 0. The van der Waals surface area contributed by atoms with Gasteiger partial charge >= 0.3 is 0 Å². The molecule has 0 bridgehead atoms. The monoisotopic (exact) mass is 349 g/mol. The molecule has 1 fully saturated rings. The molecule has 1 atom stereocenters. The third kappa shape index (κ3) is 4.04. The van der Waals surface area contributed by atoms with E-state index in [9.17, 15) is 0 Å². The lowest BCUT2D eigenvalue weighted by atomic mass is 9.61. The highest BCUT2D eigenvalue weighted by atomic mass is 14.5. The van der Waals surface area contributed by atoms with Crippen molar-refractivity contribution in [1.82, 2.24) is 0 Å². The number of hydrogen-bond acceptors (Lipinski definition) is 1. The van der Waals surface area contributed by atoms with E-state index in [0.29, 0.717) is 12.0 Å². The van der Waals surface area contributed by atoms with Gasteiger partial charge < -0.3 is 5.73 Å². The summed E-state index contributed by atoms with van der Waals surface area (Å²) >= 11 is 0. The topological polar surface area (TPSA) is 26.0 Å². The van der Waals surface area contributed by atoms with Crippen LogP contribution in [0.5, 0.6) is 0 Å². The molecule has 0 amide bonds. The maximum absolute atomic E-state index is 5.66. The van der Waals surface area contributed by atoms with Gasteiger partial charge in [-0.3, -0.25) is 0 Å². The van der Waals surface area contributed by atoms with Crippen LogP contribution in [-0.4, -0.2) is 6.54 Å². The van der Waals surface area contributed by atoms with Crippen LogP contribution in [0.4, 0.5) is 0 Å². The molecule has 1 nitrogen and oxygen atoms in total. The molecule has 0 radical (unpaired) electrons. The van der Waals surface area contributed by atoms with Crippen LogP contribution in [0.3, 0.4) is 0 Å². The zero-order valence-electron chi connectivity index (χ0n) is 16.6. The molecule has 26 heavy (non-hydrogen) atoms. The second-order valence-corrected chi connectivity index (χ2v) is 8.22. The predicted octanol–water partition coefficient (Wildman–Crippen LogP) is 6.49. The first-order chi connectivity index (χ1) is 12.7. The summed E-state index contributed by atoms with van der Waals surface area (Å²) in [5.41, 5.74) is 11.6. The van der Waals surface area contributed by atoms with Gasteiger partial charge in [-0.1, -0.05) is 94.5 Å². The van der Waals surface area contributed by atoms with Gasteiger partial charge in [0.1, 0.15) is 0 Å². The van der Waals surface area contributed by atoms with E-state index >= 15 is 0 Å². The minimum atomic E-state index is 0.401. The standard InChI is InChI=1S/C25H35N/c1-3-7-20(2)25(17-5-4-6-18-25)24-14-12-23(13-15-24)22-10-8-21(9-11-22)16-19-26/h8-15,20H,3-7,16-19,26H2,1-2H3. The minimum Gasteiger partial charge on any atom is -0.330 e. The van der Waals surface area contributed by atoms with Crippen molar-refractivity contribution < 1.29 is 0 Å². The van der Waals surface area contributed by atoms with Gasteiger partial charge in [0, 0.05) is 0 Å². The maximum Gasteiger partial charge on any atom is -0.00214 e. The lowest BCUT2D eigenvalue weighted by Gasteiger charge is -2.43. The lowest BCUT2D eigenvalue weighted by Crippen LogP contribution is -2.36. The Balaban J connectivity index is 1.84. The van der Waals surface area contributed by atoms with E-state index in [-0.39, 0.29) is 0 Å². The molecule has 2 N–H and O–H groups in total. The molecule has 0 aliphatic heterocycles. The Morgan fingerprint density at radius 2 is 1.46 bits per heavy atom. The van der Waals surface area contributed by atoms with Crippen molar-refractivity contribution in [1.29, 1.82) is 0 Å². The van der Waals surface area contributed by atoms with Gasteiger partial charge in [-0.05, 0) is 59.4 Å². The molecule has 0 spiro atoms. The smallest absolute Gasteiger partial charge is 0.00214 e. The Morgan fingerprint density at radius 1 is 0.885 bits per heavy atom. The van der Waals surface area contributed by atoms with Gasteiger partial charge in [0.05, 0.1) is 0 Å². The van der Waals surface area contributed by atoms with Crippen LogP contribution in [0.1, 0.15) is 69.9 Å². The summed E-state index contributed by atoms with van der Waals surface area (Å²) < 4.78 is 0. The molecule has 1 aliphatic carbocycles. The normalized spacial score (nSPS) is 17.8. The van der Waals surface area contributed by atoms with Crippen molar-refractivity contribution in [2.75, 3.05) is 6.54 Å². The van der Waals surface area contributed by atoms with Gasteiger partial charge in [0.25, 0.3) is 0 Å².